The molecule has 4 rings (SSSR count). The number of carbonyl (C=O) groups is 1. The van der Waals surface area contributed by atoms with Crippen molar-refractivity contribution in [3.8, 4) is 0 Å². The van der Waals surface area contributed by atoms with Crippen LogP contribution in [-0.4, -0.2) is 5.78 Å². The monoisotopic (exact) mass is 396 g/mol. The van der Waals surface area contributed by atoms with Crippen molar-refractivity contribution in [2.24, 2.45) is 11.8 Å². The molecule has 2 aliphatic carbocycles. The number of rotatable bonds is 6. The first-order valence-corrected chi connectivity index (χ1v) is 11.3. The third-order valence-electron chi connectivity index (χ3n) is 6.43. The third kappa shape index (κ3) is 3.99. The van der Waals surface area contributed by atoms with Crippen LogP contribution in [0.2, 0.25) is 0 Å². The molecule has 0 N–H and O–H groups in total. The molecule has 2 aromatic carbocycles. The van der Waals surface area contributed by atoms with Gasteiger partial charge in [-0.15, -0.1) is 0 Å². The summed E-state index contributed by atoms with van der Waals surface area (Å²) in [7, 11) is 0. The Labute approximate surface area is 181 Å². The highest BCUT2D eigenvalue weighted by atomic mass is 16.1. The highest BCUT2D eigenvalue weighted by molar-refractivity contribution is 6.10. The van der Waals surface area contributed by atoms with Crippen molar-refractivity contribution in [2.75, 3.05) is 0 Å². The number of hydrogen-bond acceptors (Lipinski definition) is 1. The highest BCUT2D eigenvalue weighted by Gasteiger charge is 2.30. The van der Waals surface area contributed by atoms with Gasteiger partial charge < -0.3 is 0 Å². The largest absolute Gasteiger partial charge is 0.294 e. The van der Waals surface area contributed by atoms with Crippen LogP contribution >= 0.6 is 0 Å². The minimum Gasteiger partial charge on any atom is -0.294 e. The second-order valence-electron chi connectivity index (χ2n) is 9.20. The maximum Gasteiger partial charge on any atom is 0.164 e. The number of Topliss-reactive ketones (excluding diaryl/α,β-unsaturated/α-hetero) is 1. The summed E-state index contributed by atoms with van der Waals surface area (Å²) in [5.41, 5.74) is 9.83. The Morgan fingerprint density at radius 2 is 1.73 bits per heavy atom. The van der Waals surface area contributed by atoms with Crippen molar-refractivity contribution in [1.29, 1.82) is 0 Å². The summed E-state index contributed by atoms with van der Waals surface area (Å²) < 4.78 is 0. The molecule has 0 aromatic heterocycles. The minimum atomic E-state index is 0.276. The zero-order chi connectivity index (χ0) is 21.3. The normalized spacial score (nSPS) is 18.6. The van der Waals surface area contributed by atoms with E-state index in [-0.39, 0.29) is 5.78 Å². The van der Waals surface area contributed by atoms with Crippen LogP contribution in [0, 0.1) is 18.8 Å². The van der Waals surface area contributed by atoms with E-state index in [1.807, 2.05) is 6.07 Å². The van der Waals surface area contributed by atoms with E-state index in [4.69, 9.17) is 0 Å². The first kappa shape index (κ1) is 20.6. The molecule has 0 spiro atoms. The van der Waals surface area contributed by atoms with Gasteiger partial charge in [-0.2, -0.15) is 0 Å². The van der Waals surface area contributed by atoms with E-state index < -0.39 is 0 Å². The molecule has 2 aromatic rings. The molecule has 0 bridgehead atoms. The molecule has 1 heteroatoms. The smallest absolute Gasteiger partial charge is 0.164 e. The van der Waals surface area contributed by atoms with Crippen LogP contribution in [0.25, 0.3) is 5.57 Å². The molecule has 0 aliphatic heterocycles. The molecule has 30 heavy (non-hydrogen) atoms. The summed E-state index contributed by atoms with van der Waals surface area (Å²) in [4.78, 5) is 13.4. The van der Waals surface area contributed by atoms with Gasteiger partial charge in [-0.1, -0.05) is 98.2 Å². The Morgan fingerprint density at radius 1 is 1.00 bits per heavy atom. The predicted octanol–water partition coefficient (Wildman–Crippen LogP) is 7.25. The number of carbonyl (C=O) groups excluding carboxylic acids is 1. The quantitative estimate of drug-likeness (QED) is 0.502. The summed E-state index contributed by atoms with van der Waals surface area (Å²) in [5.74, 6) is 1.41. The van der Waals surface area contributed by atoms with Gasteiger partial charge in [0.1, 0.15) is 0 Å². The van der Waals surface area contributed by atoms with Crippen LogP contribution in [-0.2, 0) is 11.2 Å². The van der Waals surface area contributed by atoms with Gasteiger partial charge in [-0.25, -0.2) is 0 Å². The summed E-state index contributed by atoms with van der Waals surface area (Å²) in [5, 5.41) is 0. The number of aryl methyl sites for hydroxylation is 1. The maximum atomic E-state index is 13.4. The van der Waals surface area contributed by atoms with Crippen molar-refractivity contribution in [2.45, 2.75) is 53.4 Å². The van der Waals surface area contributed by atoms with E-state index in [2.05, 4.69) is 82.3 Å². The van der Waals surface area contributed by atoms with Crippen molar-refractivity contribution in [3.63, 3.8) is 0 Å². The molecule has 1 nitrogen and oxygen atoms in total. The average Bonchev–Trinajstić information content (AvgIpc) is 3.10. The first-order chi connectivity index (χ1) is 14.5. The van der Waals surface area contributed by atoms with E-state index in [9.17, 15) is 4.79 Å². The van der Waals surface area contributed by atoms with Gasteiger partial charge in [0, 0.05) is 17.9 Å². The van der Waals surface area contributed by atoms with Crippen molar-refractivity contribution in [1.82, 2.24) is 0 Å². The van der Waals surface area contributed by atoms with E-state index in [0.717, 1.165) is 41.5 Å². The molecule has 0 heterocycles. The number of fused-ring (bicyclic) bond motifs is 1. The third-order valence-corrected chi connectivity index (χ3v) is 6.43. The molecule has 1 atom stereocenters. The van der Waals surface area contributed by atoms with E-state index in [1.165, 1.54) is 22.3 Å². The second kappa shape index (κ2) is 8.60. The van der Waals surface area contributed by atoms with Crippen LogP contribution in [0.4, 0.5) is 0 Å². The van der Waals surface area contributed by atoms with E-state index in [1.54, 1.807) is 0 Å². The van der Waals surface area contributed by atoms with Crippen LogP contribution < -0.4 is 0 Å². The highest BCUT2D eigenvalue weighted by Crippen LogP contribution is 2.42. The van der Waals surface area contributed by atoms with Gasteiger partial charge in [0.2, 0.25) is 0 Å². The van der Waals surface area contributed by atoms with Crippen LogP contribution in [0.5, 0.6) is 0 Å². The van der Waals surface area contributed by atoms with Crippen LogP contribution in [0.15, 0.2) is 77.4 Å². The first-order valence-electron chi connectivity index (χ1n) is 11.3. The molecule has 0 saturated carbocycles. The fourth-order valence-corrected chi connectivity index (χ4v) is 5.06. The zero-order valence-electron chi connectivity index (χ0n) is 18.7. The lowest BCUT2D eigenvalue weighted by atomic mass is 9.77. The fraction of sp³-hybridized carbons (Fsp3) is 0.345. The van der Waals surface area contributed by atoms with Gasteiger partial charge in [0.25, 0.3) is 0 Å². The second-order valence-corrected chi connectivity index (χ2v) is 9.20. The fourth-order valence-electron chi connectivity index (χ4n) is 5.06. The van der Waals surface area contributed by atoms with Crippen molar-refractivity contribution in [3.05, 3.63) is 99.7 Å². The Bertz CT molecular complexity index is 1050. The lowest BCUT2D eigenvalue weighted by Crippen LogP contribution is -2.18. The Morgan fingerprint density at radius 3 is 2.43 bits per heavy atom. The molecule has 0 saturated heterocycles. The molecule has 1 unspecified atom stereocenters. The average molecular weight is 397 g/mol. The lowest BCUT2D eigenvalue weighted by molar-refractivity contribution is -0.115. The number of benzene rings is 2. The summed E-state index contributed by atoms with van der Waals surface area (Å²) in [6.07, 6.45) is 8.12. The molecule has 0 radical (unpaired) electrons. The van der Waals surface area contributed by atoms with Crippen LogP contribution in [0.3, 0.4) is 0 Å². The van der Waals surface area contributed by atoms with E-state index >= 15 is 0 Å². The van der Waals surface area contributed by atoms with Crippen LogP contribution in [0.1, 0.15) is 62.3 Å². The van der Waals surface area contributed by atoms with Gasteiger partial charge >= 0.3 is 0 Å². The minimum absolute atomic E-state index is 0.276. The summed E-state index contributed by atoms with van der Waals surface area (Å²) >= 11 is 0. The molecular weight excluding hydrogens is 364 g/mol. The summed E-state index contributed by atoms with van der Waals surface area (Å²) in [6, 6.07) is 17.0. The van der Waals surface area contributed by atoms with E-state index in [0.29, 0.717) is 18.3 Å². The number of allylic oxidation sites excluding steroid dienone is 5. The van der Waals surface area contributed by atoms with Gasteiger partial charge in [0.15, 0.2) is 5.78 Å². The predicted molar refractivity (Wildman–Crippen MR) is 126 cm³/mol. The topological polar surface area (TPSA) is 17.1 Å². The molecule has 0 amide bonds. The Hall–Kier alpha value is -2.67. The van der Waals surface area contributed by atoms with Gasteiger partial charge in [-0.3, -0.25) is 4.79 Å². The molecule has 0 fully saturated rings. The number of hydrogen-bond donors (Lipinski definition) is 0. The summed E-state index contributed by atoms with van der Waals surface area (Å²) in [6.45, 7) is 8.97. The Balaban J connectivity index is 1.78. The lowest BCUT2D eigenvalue weighted by Gasteiger charge is -2.26. The SMILES string of the molecule is CCC1C(CC2=C(c3ccccc3)c3cc(C)ccc3CC2=O)=CC=C1CC(C)C. The zero-order valence-corrected chi connectivity index (χ0v) is 18.7. The van der Waals surface area contributed by atoms with Crippen molar-refractivity contribution < 1.29 is 4.79 Å². The Kier molecular flexibility index (Phi) is 5.90. The molecular formula is C29H32O. The number of ketones is 1. The van der Waals surface area contributed by atoms with Gasteiger partial charge in [0.05, 0.1) is 0 Å². The van der Waals surface area contributed by atoms with Crippen molar-refractivity contribution >= 4 is 11.4 Å². The maximum absolute atomic E-state index is 13.4. The standard InChI is InChI=1S/C29H32O/c1-5-25-22(15-19(2)3)13-14-23(25)17-27-28(30)18-24-12-11-20(4)16-26(24)29(27)21-9-7-6-8-10-21/h6-14,16,19,25H,5,15,17-18H2,1-4H3. The van der Waals surface area contributed by atoms with Gasteiger partial charge in [-0.05, 0) is 54.4 Å². The molecule has 2 aliphatic rings. The molecule has 154 valence electrons.